The molecule has 0 aromatic carbocycles. The lowest BCUT2D eigenvalue weighted by Crippen LogP contribution is -2.26. The molecule has 10 heavy (non-hydrogen) atoms. The van der Waals surface area contributed by atoms with E-state index in [0.717, 1.165) is 25.9 Å². The van der Waals surface area contributed by atoms with Crippen molar-refractivity contribution in [1.29, 1.82) is 0 Å². The average molecular weight is 166 g/mol. The Morgan fingerprint density at radius 3 is 2.30 bits per heavy atom. The monoisotopic (exact) mass is 165 g/mol. The van der Waals surface area contributed by atoms with Crippen LogP contribution in [0.4, 0.5) is 0 Å². The Kier molecular flexibility index (Phi) is 4.40. The molecule has 1 N–H and O–H groups in total. The zero-order chi connectivity index (χ0) is 6.69. The highest BCUT2D eigenvalue weighted by Gasteiger charge is 2.13. The highest BCUT2D eigenvalue weighted by atomic mass is 35.5. The molecule has 0 unspecified atom stereocenters. The van der Waals surface area contributed by atoms with Gasteiger partial charge in [-0.25, -0.2) is 0 Å². The van der Waals surface area contributed by atoms with Gasteiger partial charge >= 0.3 is 5.97 Å². The quantitative estimate of drug-likeness (QED) is 0.651. The largest absolute Gasteiger partial charge is 0.480 e. The third-order valence-corrected chi connectivity index (χ3v) is 1.56. The van der Waals surface area contributed by atoms with E-state index in [4.69, 9.17) is 5.11 Å². The standard InChI is InChI=1S/C6H11NO2.ClH/c8-6(9)5-7-3-1-2-4-7;/h1-5H2,(H,8,9);1H. The maximum atomic E-state index is 10.1. The fraction of sp³-hybridized carbons (Fsp3) is 0.833. The Labute approximate surface area is 66.4 Å². The topological polar surface area (TPSA) is 40.5 Å². The van der Waals surface area contributed by atoms with Gasteiger partial charge in [0.1, 0.15) is 0 Å². The van der Waals surface area contributed by atoms with Gasteiger partial charge < -0.3 is 5.11 Å². The van der Waals surface area contributed by atoms with E-state index in [-0.39, 0.29) is 19.0 Å². The summed E-state index contributed by atoms with van der Waals surface area (Å²) in [4.78, 5) is 12.1. The summed E-state index contributed by atoms with van der Waals surface area (Å²) in [7, 11) is 0. The fourth-order valence-corrected chi connectivity index (χ4v) is 1.13. The van der Waals surface area contributed by atoms with Crippen LogP contribution in [0.2, 0.25) is 0 Å². The molecule has 1 aliphatic rings. The first kappa shape index (κ1) is 9.72. The van der Waals surface area contributed by atoms with Gasteiger partial charge in [0.05, 0.1) is 6.54 Å². The smallest absolute Gasteiger partial charge is 0.317 e. The van der Waals surface area contributed by atoms with Crippen molar-refractivity contribution in [3.8, 4) is 0 Å². The lowest BCUT2D eigenvalue weighted by molar-refractivity contribution is -0.138. The molecule has 4 heteroatoms. The minimum absolute atomic E-state index is 0. The van der Waals surface area contributed by atoms with Gasteiger partial charge in [-0.1, -0.05) is 0 Å². The number of hydrogen-bond acceptors (Lipinski definition) is 2. The highest BCUT2D eigenvalue weighted by Crippen LogP contribution is 2.05. The van der Waals surface area contributed by atoms with Gasteiger partial charge in [0.15, 0.2) is 0 Å². The van der Waals surface area contributed by atoms with Gasteiger partial charge in [-0.2, -0.15) is 0 Å². The lowest BCUT2D eigenvalue weighted by Gasteiger charge is -2.09. The van der Waals surface area contributed by atoms with E-state index in [9.17, 15) is 4.79 Å². The zero-order valence-electron chi connectivity index (χ0n) is 5.75. The number of rotatable bonds is 2. The van der Waals surface area contributed by atoms with Crippen LogP contribution in [0.15, 0.2) is 0 Å². The summed E-state index contributed by atoms with van der Waals surface area (Å²) in [6, 6.07) is 0. The minimum atomic E-state index is -0.711. The van der Waals surface area contributed by atoms with Gasteiger partial charge in [-0.15, -0.1) is 12.4 Å². The highest BCUT2D eigenvalue weighted by molar-refractivity contribution is 5.85. The Balaban J connectivity index is 0.000000810. The first-order valence-corrected chi connectivity index (χ1v) is 3.23. The van der Waals surface area contributed by atoms with E-state index in [1.807, 2.05) is 4.90 Å². The Hall–Kier alpha value is -0.280. The van der Waals surface area contributed by atoms with Crippen LogP contribution in [0, 0.1) is 0 Å². The van der Waals surface area contributed by atoms with Gasteiger partial charge in [-0.05, 0) is 25.9 Å². The molecule has 1 rings (SSSR count). The summed E-state index contributed by atoms with van der Waals surface area (Å²) in [6.45, 7) is 2.15. The molecule has 60 valence electrons. The molecule has 1 aliphatic heterocycles. The first-order chi connectivity index (χ1) is 4.29. The van der Waals surface area contributed by atoms with Crippen molar-refractivity contribution >= 4 is 18.4 Å². The fourth-order valence-electron chi connectivity index (χ4n) is 1.13. The average Bonchev–Trinajstić information content (AvgIpc) is 2.15. The third kappa shape index (κ3) is 3.03. The summed E-state index contributed by atoms with van der Waals surface area (Å²) < 4.78 is 0. The van der Waals surface area contributed by atoms with Crippen molar-refractivity contribution in [2.24, 2.45) is 0 Å². The maximum absolute atomic E-state index is 10.1. The number of likely N-dealkylation sites (tertiary alicyclic amines) is 1. The number of carboxylic acids is 1. The number of hydrogen-bond donors (Lipinski definition) is 1. The van der Waals surface area contributed by atoms with Crippen molar-refractivity contribution in [1.82, 2.24) is 4.90 Å². The molecular formula is C6H12ClNO2. The second-order valence-electron chi connectivity index (χ2n) is 2.38. The van der Waals surface area contributed by atoms with Gasteiger partial charge in [0.2, 0.25) is 0 Å². The molecule has 1 heterocycles. The van der Waals surface area contributed by atoms with E-state index in [0.29, 0.717) is 0 Å². The van der Waals surface area contributed by atoms with Crippen molar-refractivity contribution in [3.63, 3.8) is 0 Å². The third-order valence-electron chi connectivity index (χ3n) is 1.56. The Morgan fingerprint density at radius 2 is 1.90 bits per heavy atom. The van der Waals surface area contributed by atoms with Crippen molar-refractivity contribution in [2.45, 2.75) is 12.8 Å². The molecule has 0 amide bonds. The molecule has 0 aromatic heterocycles. The molecule has 0 aliphatic carbocycles. The molecule has 0 spiro atoms. The van der Waals surface area contributed by atoms with Gasteiger partial charge in [0, 0.05) is 0 Å². The van der Waals surface area contributed by atoms with E-state index in [1.54, 1.807) is 0 Å². The summed E-state index contributed by atoms with van der Waals surface area (Å²) in [5, 5.41) is 8.33. The number of halogens is 1. The molecule has 3 nitrogen and oxygen atoms in total. The normalized spacial score (nSPS) is 18.4. The van der Waals surface area contributed by atoms with E-state index >= 15 is 0 Å². The maximum Gasteiger partial charge on any atom is 0.317 e. The number of carbonyl (C=O) groups is 1. The Bertz CT molecular complexity index is 112. The van der Waals surface area contributed by atoms with Crippen LogP contribution in [0.1, 0.15) is 12.8 Å². The van der Waals surface area contributed by atoms with Crippen LogP contribution in [-0.4, -0.2) is 35.6 Å². The second-order valence-corrected chi connectivity index (χ2v) is 2.38. The predicted octanol–water partition coefficient (Wildman–Crippen LogP) is 0.589. The summed E-state index contributed by atoms with van der Waals surface area (Å²) >= 11 is 0. The molecule has 1 fully saturated rings. The van der Waals surface area contributed by atoms with Crippen molar-refractivity contribution in [2.75, 3.05) is 19.6 Å². The minimum Gasteiger partial charge on any atom is -0.480 e. The van der Waals surface area contributed by atoms with E-state index < -0.39 is 5.97 Å². The number of nitrogens with zero attached hydrogens (tertiary/aromatic N) is 1. The van der Waals surface area contributed by atoms with Gasteiger partial charge in [-0.3, -0.25) is 9.69 Å². The number of aliphatic carboxylic acids is 1. The molecule has 0 aromatic rings. The second kappa shape index (κ2) is 4.52. The number of carboxylic acid groups (broad SMARTS) is 1. The summed E-state index contributed by atoms with van der Waals surface area (Å²) in [6.07, 6.45) is 2.32. The summed E-state index contributed by atoms with van der Waals surface area (Å²) in [5.41, 5.74) is 0. The van der Waals surface area contributed by atoms with Crippen LogP contribution in [0.3, 0.4) is 0 Å². The predicted molar refractivity (Wildman–Crippen MR) is 40.6 cm³/mol. The van der Waals surface area contributed by atoms with Crippen LogP contribution < -0.4 is 0 Å². The van der Waals surface area contributed by atoms with Gasteiger partial charge in [0.25, 0.3) is 0 Å². The van der Waals surface area contributed by atoms with Crippen molar-refractivity contribution in [3.05, 3.63) is 0 Å². The molecule has 0 saturated carbocycles. The van der Waals surface area contributed by atoms with Crippen LogP contribution in [0.5, 0.6) is 0 Å². The van der Waals surface area contributed by atoms with Crippen LogP contribution >= 0.6 is 12.4 Å². The van der Waals surface area contributed by atoms with E-state index in [1.165, 1.54) is 0 Å². The molecule has 0 bridgehead atoms. The molecular weight excluding hydrogens is 154 g/mol. The van der Waals surface area contributed by atoms with E-state index in [2.05, 4.69) is 0 Å². The molecule has 0 radical (unpaired) electrons. The van der Waals surface area contributed by atoms with Crippen molar-refractivity contribution < 1.29 is 9.90 Å². The zero-order valence-corrected chi connectivity index (χ0v) is 6.56. The van der Waals surface area contributed by atoms with Crippen LogP contribution in [0.25, 0.3) is 0 Å². The summed E-state index contributed by atoms with van der Waals surface area (Å²) in [5.74, 6) is -0.711. The molecule has 0 atom stereocenters. The Morgan fingerprint density at radius 1 is 1.40 bits per heavy atom. The SMILES string of the molecule is Cl.O=C(O)CN1CCCC1. The lowest BCUT2D eigenvalue weighted by atomic mass is 10.4. The first-order valence-electron chi connectivity index (χ1n) is 3.23. The van der Waals surface area contributed by atoms with Crippen LogP contribution in [-0.2, 0) is 4.79 Å². The molecule has 1 saturated heterocycles.